The number of esters is 3. The standard InChI is InChI=1S/C66H108O6/c1-4-7-10-13-16-19-22-25-28-31-33-35-38-41-44-47-50-53-56-59-65(68)71-62-63(61-70-64(67)58-55-52-49-46-43-40-37-30-27-24-21-18-15-12-9-6-3)72-66(69)60-57-54-51-48-45-42-39-36-34-32-29-26-23-20-17-14-11-8-5-2/h7,10,16-17,19-20,25-26,28-30,33-37,41,44,50,53,63H,4-6,8-9,11-15,18,21-24,27,31-32,38-40,42-43,45-49,51-52,54-62H2,1-3H3/b10-7-,19-16-,20-17-,28-25-,29-26-,35-33-,36-34-,37-30-,44-41-,53-50-/t63-/m1/s1. The Morgan fingerprint density at radius 2 is 0.569 bits per heavy atom. The van der Waals surface area contributed by atoms with Crippen molar-refractivity contribution >= 4 is 17.9 Å². The molecule has 6 heteroatoms. The highest BCUT2D eigenvalue weighted by Crippen LogP contribution is 2.14. The Morgan fingerprint density at radius 3 is 0.972 bits per heavy atom. The molecule has 0 aromatic carbocycles. The van der Waals surface area contributed by atoms with E-state index in [4.69, 9.17) is 14.2 Å². The molecule has 1 atom stereocenters. The summed E-state index contributed by atoms with van der Waals surface area (Å²) < 4.78 is 16.8. The highest BCUT2D eigenvalue weighted by molar-refractivity contribution is 5.71. The highest BCUT2D eigenvalue weighted by Gasteiger charge is 2.19. The van der Waals surface area contributed by atoms with Gasteiger partial charge in [-0.15, -0.1) is 0 Å². The van der Waals surface area contributed by atoms with Gasteiger partial charge in [0.25, 0.3) is 0 Å². The fraction of sp³-hybridized carbons (Fsp3) is 0.652. The second-order valence-corrected chi connectivity index (χ2v) is 19.2. The molecule has 6 nitrogen and oxygen atoms in total. The van der Waals surface area contributed by atoms with Crippen molar-refractivity contribution in [1.29, 1.82) is 0 Å². The van der Waals surface area contributed by atoms with Crippen molar-refractivity contribution in [3.63, 3.8) is 0 Å². The molecule has 0 aromatic rings. The maximum absolute atomic E-state index is 12.9. The molecule has 0 amide bonds. The van der Waals surface area contributed by atoms with Crippen LogP contribution >= 0.6 is 0 Å². The first-order valence-corrected chi connectivity index (χ1v) is 29.5. The van der Waals surface area contributed by atoms with E-state index in [1.807, 2.05) is 6.08 Å². The minimum atomic E-state index is -0.823. The molecule has 0 aromatic heterocycles. The lowest BCUT2D eigenvalue weighted by Crippen LogP contribution is -2.30. The third-order valence-electron chi connectivity index (χ3n) is 12.2. The summed E-state index contributed by atoms with van der Waals surface area (Å²) in [6, 6.07) is 0. The molecule has 0 rings (SSSR count). The number of unbranched alkanes of at least 4 members (excludes halogenated alkanes) is 21. The lowest BCUT2D eigenvalue weighted by atomic mass is 10.1. The third-order valence-corrected chi connectivity index (χ3v) is 12.2. The van der Waals surface area contributed by atoms with E-state index < -0.39 is 6.10 Å². The summed E-state index contributed by atoms with van der Waals surface area (Å²) >= 11 is 0. The first-order valence-electron chi connectivity index (χ1n) is 29.5. The predicted molar refractivity (Wildman–Crippen MR) is 311 cm³/mol. The van der Waals surface area contributed by atoms with Crippen LogP contribution in [-0.4, -0.2) is 37.2 Å². The van der Waals surface area contributed by atoms with E-state index >= 15 is 0 Å². The Bertz CT molecular complexity index is 1520. The molecule has 0 bridgehead atoms. The molecule has 0 spiro atoms. The topological polar surface area (TPSA) is 78.9 Å². The second kappa shape index (κ2) is 59.4. The lowest BCUT2D eigenvalue weighted by Gasteiger charge is -2.18. The largest absolute Gasteiger partial charge is 0.462 e. The van der Waals surface area contributed by atoms with Crippen molar-refractivity contribution in [2.75, 3.05) is 13.2 Å². The van der Waals surface area contributed by atoms with Gasteiger partial charge >= 0.3 is 17.9 Å². The van der Waals surface area contributed by atoms with Gasteiger partial charge in [0, 0.05) is 19.3 Å². The van der Waals surface area contributed by atoms with Crippen LogP contribution in [0.4, 0.5) is 0 Å². The normalized spacial score (nSPS) is 13.0. The quantitative estimate of drug-likeness (QED) is 0.0261. The maximum Gasteiger partial charge on any atom is 0.306 e. The first-order chi connectivity index (χ1) is 35.5. The minimum Gasteiger partial charge on any atom is -0.462 e. The average Bonchev–Trinajstić information content (AvgIpc) is 3.38. The van der Waals surface area contributed by atoms with Crippen molar-refractivity contribution < 1.29 is 28.6 Å². The summed E-state index contributed by atoms with van der Waals surface area (Å²) in [5.74, 6) is -1.02. The van der Waals surface area contributed by atoms with Crippen molar-refractivity contribution in [3.05, 3.63) is 122 Å². The molecular formula is C66H108O6. The van der Waals surface area contributed by atoms with Crippen LogP contribution in [0, 0.1) is 0 Å². The molecule has 0 radical (unpaired) electrons. The molecule has 0 unspecified atom stereocenters. The van der Waals surface area contributed by atoms with Crippen molar-refractivity contribution in [2.24, 2.45) is 0 Å². The van der Waals surface area contributed by atoms with Crippen LogP contribution in [0.5, 0.6) is 0 Å². The van der Waals surface area contributed by atoms with Crippen molar-refractivity contribution in [2.45, 2.75) is 264 Å². The fourth-order valence-electron chi connectivity index (χ4n) is 7.76. The van der Waals surface area contributed by atoms with Crippen LogP contribution in [0.15, 0.2) is 122 Å². The zero-order valence-corrected chi connectivity index (χ0v) is 46.7. The molecule has 0 aliphatic carbocycles. The molecule has 0 aliphatic rings. The summed E-state index contributed by atoms with van der Waals surface area (Å²) in [7, 11) is 0. The Kier molecular flexibility index (Phi) is 55.9. The molecule has 0 saturated carbocycles. The summed E-state index contributed by atoms with van der Waals surface area (Å²) in [5.41, 5.74) is 0. The number of hydrogen-bond donors (Lipinski definition) is 0. The van der Waals surface area contributed by atoms with E-state index in [0.717, 1.165) is 116 Å². The third kappa shape index (κ3) is 56.7. The van der Waals surface area contributed by atoms with Crippen LogP contribution in [0.2, 0.25) is 0 Å². The highest BCUT2D eigenvalue weighted by atomic mass is 16.6. The Morgan fingerprint density at radius 1 is 0.292 bits per heavy atom. The van der Waals surface area contributed by atoms with E-state index in [1.54, 1.807) is 0 Å². The first kappa shape index (κ1) is 67.8. The van der Waals surface area contributed by atoms with Gasteiger partial charge in [-0.3, -0.25) is 14.4 Å². The van der Waals surface area contributed by atoms with Crippen LogP contribution in [0.3, 0.4) is 0 Å². The van der Waals surface area contributed by atoms with Crippen molar-refractivity contribution in [1.82, 2.24) is 0 Å². The average molecular weight is 998 g/mol. The number of ether oxygens (including phenoxy) is 3. The van der Waals surface area contributed by atoms with Gasteiger partial charge in [-0.25, -0.2) is 0 Å². The fourth-order valence-corrected chi connectivity index (χ4v) is 7.76. The summed E-state index contributed by atoms with van der Waals surface area (Å²) in [6.45, 7) is 6.42. The van der Waals surface area contributed by atoms with Crippen LogP contribution in [0.25, 0.3) is 0 Å². The van der Waals surface area contributed by atoms with Gasteiger partial charge in [0.05, 0.1) is 0 Å². The molecule has 72 heavy (non-hydrogen) atoms. The molecule has 0 fully saturated rings. The van der Waals surface area contributed by atoms with E-state index in [-0.39, 0.29) is 37.5 Å². The number of carbonyl (C=O) groups is 3. The van der Waals surface area contributed by atoms with Gasteiger partial charge in [-0.05, 0) is 122 Å². The lowest BCUT2D eigenvalue weighted by molar-refractivity contribution is -0.166. The number of carbonyl (C=O) groups excluding carboxylic acids is 3. The minimum absolute atomic E-state index is 0.114. The van der Waals surface area contributed by atoms with Crippen LogP contribution < -0.4 is 0 Å². The monoisotopic (exact) mass is 997 g/mol. The van der Waals surface area contributed by atoms with Gasteiger partial charge in [-0.1, -0.05) is 239 Å². The number of rotatable bonds is 52. The number of allylic oxidation sites excluding steroid dienone is 20. The summed E-state index contributed by atoms with van der Waals surface area (Å²) in [5, 5.41) is 0. The SMILES string of the molecule is CC/C=C\C/C=C\C/C=C\C/C=C\C/C=C\C/C=C\CCC(=O)OC[C@@H](COC(=O)CCCCCCC/C=C\CCCCCCCCC)OC(=O)CCCCCCCC/C=C\C/C=C\C/C=C\CCCCC. The van der Waals surface area contributed by atoms with Gasteiger partial charge in [0.1, 0.15) is 13.2 Å². The molecular weight excluding hydrogens is 889 g/mol. The Balaban J connectivity index is 4.55. The van der Waals surface area contributed by atoms with E-state index in [1.165, 1.54) is 96.3 Å². The molecule has 0 N–H and O–H groups in total. The van der Waals surface area contributed by atoms with E-state index in [0.29, 0.717) is 19.3 Å². The van der Waals surface area contributed by atoms with Crippen molar-refractivity contribution in [3.8, 4) is 0 Å². The van der Waals surface area contributed by atoms with Gasteiger partial charge in [-0.2, -0.15) is 0 Å². The summed E-state index contributed by atoms with van der Waals surface area (Å²) in [4.78, 5) is 38.2. The van der Waals surface area contributed by atoms with E-state index in [9.17, 15) is 14.4 Å². The van der Waals surface area contributed by atoms with Gasteiger partial charge in [0.15, 0.2) is 6.10 Å². The Labute approximate surface area is 443 Å². The van der Waals surface area contributed by atoms with Gasteiger partial charge in [0.2, 0.25) is 0 Å². The molecule has 408 valence electrons. The molecule has 0 heterocycles. The maximum atomic E-state index is 12.9. The smallest absolute Gasteiger partial charge is 0.306 e. The molecule has 0 aliphatic heterocycles. The zero-order valence-electron chi connectivity index (χ0n) is 46.7. The predicted octanol–water partition coefficient (Wildman–Crippen LogP) is 20.0. The van der Waals surface area contributed by atoms with Crippen LogP contribution in [-0.2, 0) is 28.6 Å². The second-order valence-electron chi connectivity index (χ2n) is 19.2. The number of hydrogen-bond acceptors (Lipinski definition) is 6. The van der Waals surface area contributed by atoms with Crippen LogP contribution in [0.1, 0.15) is 258 Å². The Hall–Kier alpha value is -4.19. The summed E-state index contributed by atoms with van der Waals surface area (Å²) in [6.07, 6.45) is 82.0. The van der Waals surface area contributed by atoms with Gasteiger partial charge < -0.3 is 14.2 Å². The molecule has 0 saturated heterocycles. The zero-order chi connectivity index (χ0) is 52.2. The van der Waals surface area contributed by atoms with E-state index in [2.05, 4.69) is 136 Å².